The lowest BCUT2D eigenvalue weighted by Gasteiger charge is -2.01. The number of nitrogens with one attached hydrogen (secondary N) is 1. The van der Waals surface area contributed by atoms with Gasteiger partial charge in [-0.2, -0.15) is 0 Å². The molecule has 1 aromatic rings. The third-order valence-electron chi connectivity index (χ3n) is 1.65. The van der Waals surface area contributed by atoms with Gasteiger partial charge in [-0.1, -0.05) is 18.2 Å². The quantitative estimate of drug-likeness (QED) is 0.710. The summed E-state index contributed by atoms with van der Waals surface area (Å²) in [6, 6.07) is 6.85. The minimum absolute atomic E-state index is 0.361. The first kappa shape index (κ1) is 9.95. The summed E-state index contributed by atoms with van der Waals surface area (Å²) in [5.41, 5.74) is 1.07. The second kappa shape index (κ2) is 3.72. The summed E-state index contributed by atoms with van der Waals surface area (Å²) in [5, 5.41) is 5.16. The molecule has 1 atom stereocenters. The van der Waals surface area contributed by atoms with Gasteiger partial charge >= 0.3 is 0 Å². The van der Waals surface area contributed by atoms with Crippen LogP contribution in [0.1, 0.15) is 5.56 Å². The predicted octanol–water partition coefficient (Wildman–Crippen LogP) is 1.69. The van der Waals surface area contributed by atoms with Gasteiger partial charge in [0.05, 0.1) is 4.90 Å². The Bertz CT molecular complexity index is 392. The minimum atomic E-state index is -3.06. The van der Waals surface area contributed by atoms with E-state index in [0.29, 0.717) is 4.90 Å². The Balaban J connectivity index is 3.01. The first-order valence-corrected chi connectivity index (χ1v) is 5.42. The SMILES string of the molecule is C=CCc1ccc(S(=N)(N)=O)cc1. The van der Waals surface area contributed by atoms with E-state index >= 15 is 0 Å². The fourth-order valence-corrected chi connectivity index (χ4v) is 1.53. The molecule has 0 spiro atoms. The molecule has 0 bridgehead atoms. The molecule has 0 saturated heterocycles. The smallest absolute Gasteiger partial charge is 0.132 e. The number of rotatable bonds is 3. The zero-order valence-electron chi connectivity index (χ0n) is 7.19. The molecule has 0 fully saturated rings. The maximum Gasteiger partial charge on any atom is 0.132 e. The normalized spacial score (nSPS) is 14.8. The van der Waals surface area contributed by atoms with E-state index in [2.05, 4.69) is 6.58 Å². The maximum absolute atomic E-state index is 11.1. The highest BCUT2D eigenvalue weighted by Gasteiger charge is 2.01. The molecule has 1 aromatic carbocycles. The van der Waals surface area contributed by atoms with E-state index in [0.717, 1.165) is 12.0 Å². The molecular weight excluding hydrogens is 184 g/mol. The van der Waals surface area contributed by atoms with Gasteiger partial charge in [0, 0.05) is 0 Å². The second-order valence-corrected chi connectivity index (χ2v) is 4.41. The number of hydrogen-bond acceptors (Lipinski definition) is 2. The van der Waals surface area contributed by atoms with E-state index in [1.165, 1.54) is 0 Å². The summed E-state index contributed by atoms with van der Waals surface area (Å²) in [5.74, 6) is 0. The van der Waals surface area contributed by atoms with Crippen molar-refractivity contribution in [3.63, 3.8) is 0 Å². The fraction of sp³-hybridized carbons (Fsp3) is 0.111. The molecule has 1 unspecified atom stereocenters. The molecule has 0 heterocycles. The zero-order valence-corrected chi connectivity index (χ0v) is 8.01. The van der Waals surface area contributed by atoms with Crippen molar-refractivity contribution < 1.29 is 4.21 Å². The monoisotopic (exact) mass is 196 g/mol. The van der Waals surface area contributed by atoms with Crippen LogP contribution in [0.5, 0.6) is 0 Å². The van der Waals surface area contributed by atoms with Crippen LogP contribution in [0.4, 0.5) is 0 Å². The first-order chi connectivity index (χ1) is 6.04. The van der Waals surface area contributed by atoms with Gasteiger partial charge in [-0.3, -0.25) is 0 Å². The molecule has 0 radical (unpaired) electrons. The van der Waals surface area contributed by atoms with Crippen LogP contribution in [0.25, 0.3) is 0 Å². The molecule has 0 aromatic heterocycles. The topological polar surface area (TPSA) is 66.9 Å². The van der Waals surface area contributed by atoms with Gasteiger partial charge in [0.25, 0.3) is 0 Å². The largest absolute Gasteiger partial charge is 0.241 e. The maximum atomic E-state index is 11.1. The lowest BCUT2D eigenvalue weighted by Crippen LogP contribution is -2.09. The van der Waals surface area contributed by atoms with E-state index in [9.17, 15) is 4.21 Å². The Hall–Kier alpha value is -1.13. The molecule has 3 nitrogen and oxygen atoms in total. The van der Waals surface area contributed by atoms with E-state index in [-0.39, 0.29) is 0 Å². The van der Waals surface area contributed by atoms with Crippen LogP contribution in [0.3, 0.4) is 0 Å². The minimum Gasteiger partial charge on any atom is -0.241 e. The average molecular weight is 196 g/mol. The molecule has 0 aliphatic heterocycles. The standard InChI is InChI=1S/C9H12N2OS/c1-2-3-8-4-6-9(7-5-8)13(10,11)12/h2,4-7H,1,3H2,(H3,10,11,12). The number of nitrogens with two attached hydrogens (primary N) is 1. The predicted molar refractivity (Wildman–Crippen MR) is 53.7 cm³/mol. The van der Waals surface area contributed by atoms with Crippen LogP contribution in [-0.2, 0) is 16.3 Å². The second-order valence-electron chi connectivity index (χ2n) is 2.74. The van der Waals surface area contributed by atoms with E-state index in [1.807, 2.05) is 0 Å². The molecule has 0 aliphatic rings. The highest BCUT2D eigenvalue weighted by molar-refractivity contribution is 7.90. The van der Waals surface area contributed by atoms with Gasteiger partial charge in [-0.05, 0) is 24.1 Å². The van der Waals surface area contributed by atoms with Gasteiger partial charge in [0.15, 0.2) is 0 Å². The summed E-state index contributed by atoms with van der Waals surface area (Å²) in [6.07, 6.45) is 2.56. The van der Waals surface area contributed by atoms with Crippen LogP contribution in [0.15, 0.2) is 41.8 Å². The molecule has 0 amide bonds. The Morgan fingerprint density at radius 1 is 1.46 bits per heavy atom. The Morgan fingerprint density at radius 3 is 2.38 bits per heavy atom. The Labute approximate surface area is 78.4 Å². The van der Waals surface area contributed by atoms with Crippen molar-refractivity contribution in [2.75, 3.05) is 0 Å². The van der Waals surface area contributed by atoms with Gasteiger partial charge in [-0.25, -0.2) is 14.1 Å². The molecular formula is C9H12N2OS. The lowest BCUT2D eigenvalue weighted by atomic mass is 10.2. The van der Waals surface area contributed by atoms with E-state index in [1.54, 1.807) is 30.3 Å². The molecule has 70 valence electrons. The number of allylic oxidation sites excluding steroid dienone is 1. The van der Waals surface area contributed by atoms with Crippen LogP contribution in [-0.4, -0.2) is 4.21 Å². The molecule has 3 N–H and O–H groups in total. The third kappa shape index (κ3) is 2.68. The summed E-state index contributed by atoms with van der Waals surface area (Å²) in [4.78, 5) is 0.361. The molecule has 0 aliphatic carbocycles. The number of hydrogen-bond donors (Lipinski definition) is 2. The molecule has 0 saturated carbocycles. The third-order valence-corrected chi connectivity index (χ3v) is 2.63. The van der Waals surface area contributed by atoms with Crippen molar-refractivity contribution in [2.45, 2.75) is 11.3 Å². The summed E-state index contributed by atoms with van der Waals surface area (Å²) < 4.78 is 18.2. The van der Waals surface area contributed by atoms with Gasteiger partial charge in [0.1, 0.15) is 9.92 Å². The molecule has 4 heteroatoms. The van der Waals surface area contributed by atoms with E-state index < -0.39 is 9.92 Å². The van der Waals surface area contributed by atoms with Crippen molar-refractivity contribution in [3.8, 4) is 0 Å². The van der Waals surface area contributed by atoms with Gasteiger partial charge in [0.2, 0.25) is 0 Å². The van der Waals surface area contributed by atoms with Gasteiger partial charge < -0.3 is 0 Å². The molecule has 13 heavy (non-hydrogen) atoms. The summed E-state index contributed by atoms with van der Waals surface area (Å²) in [6.45, 7) is 3.61. The van der Waals surface area contributed by atoms with Crippen LogP contribution in [0.2, 0.25) is 0 Å². The van der Waals surface area contributed by atoms with E-state index in [4.69, 9.17) is 9.92 Å². The fourth-order valence-electron chi connectivity index (χ4n) is 0.994. The first-order valence-electron chi connectivity index (χ1n) is 3.80. The van der Waals surface area contributed by atoms with Crippen molar-refractivity contribution in [3.05, 3.63) is 42.5 Å². The lowest BCUT2D eigenvalue weighted by molar-refractivity contribution is 0.676. The van der Waals surface area contributed by atoms with Crippen molar-refractivity contribution >= 4 is 9.92 Å². The van der Waals surface area contributed by atoms with Crippen LogP contribution >= 0.6 is 0 Å². The van der Waals surface area contributed by atoms with Crippen molar-refractivity contribution in [1.82, 2.24) is 0 Å². The zero-order chi connectivity index (χ0) is 9.90. The van der Waals surface area contributed by atoms with Crippen molar-refractivity contribution in [1.29, 1.82) is 4.78 Å². The van der Waals surface area contributed by atoms with Gasteiger partial charge in [-0.15, -0.1) is 6.58 Å². The Kier molecular flexibility index (Phi) is 2.85. The highest BCUT2D eigenvalue weighted by atomic mass is 32.2. The van der Waals surface area contributed by atoms with Crippen molar-refractivity contribution in [2.24, 2.45) is 5.14 Å². The summed E-state index contributed by atoms with van der Waals surface area (Å²) in [7, 11) is -3.06. The Morgan fingerprint density at radius 2 is 2.00 bits per heavy atom. The van der Waals surface area contributed by atoms with Crippen LogP contribution < -0.4 is 5.14 Å². The summed E-state index contributed by atoms with van der Waals surface area (Å²) >= 11 is 0. The highest BCUT2D eigenvalue weighted by Crippen LogP contribution is 2.09. The van der Waals surface area contributed by atoms with Crippen LogP contribution in [0, 0.1) is 4.78 Å². The number of benzene rings is 1. The molecule has 1 rings (SSSR count). The average Bonchev–Trinajstić information content (AvgIpc) is 2.04.